The third kappa shape index (κ3) is 4.35. The van der Waals surface area contributed by atoms with Gasteiger partial charge in [-0.15, -0.1) is 0 Å². The van der Waals surface area contributed by atoms with E-state index in [9.17, 15) is 0 Å². The molecule has 1 fully saturated rings. The quantitative estimate of drug-likeness (QED) is 0.798. The molecule has 0 saturated carbocycles. The van der Waals surface area contributed by atoms with Gasteiger partial charge in [-0.3, -0.25) is 0 Å². The van der Waals surface area contributed by atoms with Crippen molar-refractivity contribution in [1.82, 2.24) is 5.32 Å². The van der Waals surface area contributed by atoms with Gasteiger partial charge in [-0.25, -0.2) is 0 Å². The van der Waals surface area contributed by atoms with Crippen molar-refractivity contribution < 1.29 is 14.2 Å². The molecule has 21 heavy (non-hydrogen) atoms. The van der Waals surface area contributed by atoms with E-state index in [0.717, 1.165) is 43.1 Å². The summed E-state index contributed by atoms with van der Waals surface area (Å²) in [5, 5.41) is 3.56. The van der Waals surface area contributed by atoms with Crippen molar-refractivity contribution in [2.75, 3.05) is 27.4 Å². The van der Waals surface area contributed by atoms with Crippen molar-refractivity contribution in [3.05, 3.63) is 23.8 Å². The van der Waals surface area contributed by atoms with E-state index >= 15 is 0 Å². The first kappa shape index (κ1) is 16.1. The molecule has 2 atom stereocenters. The average molecular weight is 293 g/mol. The molecule has 0 aromatic heterocycles. The predicted molar refractivity (Wildman–Crippen MR) is 84.2 cm³/mol. The van der Waals surface area contributed by atoms with Crippen LogP contribution >= 0.6 is 0 Å². The second kappa shape index (κ2) is 8.25. The second-order valence-electron chi connectivity index (χ2n) is 5.43. The van der Waals surface area contributed by atoms with E-state index in [1.54, 1.807) is 14.2 Å². The van der Waals surface area contributed by atoms with E-state index < -0.39 is 0 Å². The van der Waals surface area contributed by atoms with Gasteiger partial charge in [0.2, 0.25) is 0 Å². The first-order chi connectivity index (χ1) is 10.3. The molecule has 1 aromatic rings. The molecule has 1 saturated heterocycles. The Hall–Kier alpha value is -1.26. The zero-order chi connectivity index (χ0) is 15.1. The summed E-state index contributed by atoms with van der Waals surface area (Å²) in [7, 11) is 3.41. The normalized spacial score (nSPS) is 19.5. The Morgan fingerprint density at radius 3 is 2.81 bits per heavy atom. The van der Waals surface area contributed by atoms with Gasteiger partial charge in [-0.1, -0.05) is 6.92 Å². The third-order valence-corrected chi connectivity index (χ3v) is 4.06. The molecule has 0 bridgehead atoms. The van der Waals surface area contributed by atoms with Crippen LogP contribution in [0.4, 0.5) is 0 Å². The monoisotopic (exact) mass is 293 g/mol. The summed E-state index contributed by atoms with van der Waals surface area (Å²) in [6.45, 7) is 3.97. The SMILES string of the molecule is CCNC(CCC1CCCO1)c1cc(OC)ccc1OC. The van der Waals surface area contributed by atoms with Crippen LogP contribution in [-0.2, 0) is 4.74 Å². The minimum absolute atomic E-state index is 0.268. The number of methoxy groups -OCH3 is 2. The Labute approximate surface area is 127 Å². The van der Waals surface area contributed by atoms with E-state index in [1.807, 2.05) is 12.1 Å². The Morgan fingerprint density at radius 1 is 1.33 bits per heavy atom. The van der Waals surface area contributed by atoms with Crippen LogP contribution < -0.4 is 14.8 Å². The van der Waals surface area contributed by atoms with Crippen molar-refractivity contribution in [3.8, 4) is 11.5 Å². The van der Waals surface area contributed by atoms with Crippen LogP contribution in [-0.4, -0.2) is 33.5 Å². The maximum Gasteiger partial charge on any atom is 0.123 e. The molecule has 0 radical (unpaired) electrons. The zero-order valence-electron chi connectivity index (χ0n) is 13.4. The van der Waals surface area contributed by atoms with Gasteiger partial charge in [0.05, 0.1) is 20.3 Å². The van der Waals surface area contributed by atoms with Gasteiger partial charge in [0.25, 0.3) is 0 Å². The summed E-state index contributed by atoms with van der Waals surface area (Å²) in [5.41, 5.74) is 1.16. The van der Waals surface area contributed by atoms with Crippen LogP contribution in [0.2, 0.25) is 0 Å². The molecule has 1 aliphatic rings. The molecule has 4 nitrogen and oxygen atoms in total. The third-order valence-electron chi connectivity index (χ3n) is 4.06. The number of nitrogens with one attached hydrogen (secondary N) is 1. The van der Waals surface area contributed by atoms with Crippen molar-refractivity contribution in [3.63, 3.8) is 0 Å². The summed E-state index contributed by atoms with van der Waals surface area (Å²) in [5.74, 6) is 1.78. The molecule has 2 rings (SSSR count). The van der Waals surface area contributed by atoms with Gasteiger partial charge in [-0.2, -0.15) is 0 Å². The van der Waals surface area contributed by atoms with Crippen molar-refractivity contribution in [2.24, 2.45) is 0 Å². The Kier molecular flexibility index (Phi) is 6.33. The molecule has 0 spiro atoms. The van der Waals surface area contributed by atoms with Gasteiger partial charge in [0, 0.05) is 18.2 Å². The highest BCUT2D eigenvalue weighted by Gasteiger charge is 2.21. The van der Waals surface area contributed by atoms with Crippen molar-refractivity contribution in [2.45, 2.75) is 44.8 Å². The molecular weight excluding hydrogens is 266 g/mol. The Bertz CT molecular complexity index is 430. The highest BCUT2D eigenvalue weighted by atomic mass is 16.5. The van der Waals surface area contributed by atoms with E-state index in [-0.39, 0.29) is 6.04 Å². The molecule has 1 aromatic carbocycles. The number of rotatable bonds is 8. The molecule has 0 aliphatic carbocycles. The van der Waals surface area contributed by atoms with Crippen LogP contribution in [0.15, 0.2) is 18.2 Å². The molecular formula is C17H27NO3. The van der Waals surface area contributed by atoms with Crippen molar-refractivity contribution in [1.29, 1.82) is 0 Å². The Balaban J connectivity index is 2.11. The fourth-order valence-electron chi connectivity index (χ4n) is 2.95. The largest absolute Gasteiger partial charge is 0.497 e. The molecule has 118 valence electrons. The van der Waals surface area contributed by atoms with Gasteiger partial charge >= 0.3 is 0 Å². The highest BCUT2D eigenvalue weighted by molar-refractivity contribution is 5.42. The molecule has 1 aliphatic heterocycles. The summed E-state index contributed by atoms with van der Waals surface area (Å²) in [6, 6.07) is 6.25. The Morgan fingerprint density at radius 2 is 2.19 bits per heavy atom. The maximum absolute atomic E-state index is 5.74. The van der Waals surface area contributed by atoms with Crippen molar-refractivity contribution >= 4 is 0 Å². The fraction of sp³-hybridized carbons (Fsp3) is 0.647. The molecule has 1 N–H and O–H groups in total. The van der Waals surface area contributed by atoms with Gasteiger partial charge in [0.15, 0.2) is 0 Å². The van der Waals surface area contributed by atoms with Gasteiger partial charge in [-0.05, 0) is 50.4 Å². The van der Waals surface area contributed by atoms with Crippen LogP contribution in [0.5, 0.6) is 11.5 Å². The lowest BCUT2D eigenvalue weighted by atomic mass is 9.98. The molecule has 0 amide bonds. The van der Waals surface area contributed by atoms with E-state index in [1.165, 1.54) is 12.8 Å². The number of ether oxygens (including phenoxy) is 3. The molecule has 1 heterocycles. The topological polar surface area (TPSA) is 39.7 Å². The van der Waals surface area contributed by atoms with Gasteiger partial charge in [0.1, 0.15) is 11.5 Å². The van der Waals surface area contributed by atoms with Crippen LogP contribution in [0.3, 0.4) is 0 Å². The summed E-state index contributed by atoms with van der Waals surface area (Å²) < 4.78 is 16.6. The average Bonchev–Trinajstić information content (AvgIpc) is 3.04. The predicted octanol–water partition coefficient (Wildman–Crippen LogP) is 3.31. The van der Waals surface area contributed by atoms with E-state index in [0.29, 0.717) is 6.10 Å². The minimum atomic E-state index is 0.268. The standard InChI is InChI=1S/C17H27NO3/c1-4-18-16(9-7-13-6-5-11-21-13)15-12-14(19-2)8-10-17(15)20-3/h8,10,12-13,16,18H,4-7,9,11H2,1-3H3. The smallest absolute Gasteiger partial charge is 0.123 e. The molecule has 2 unspecified atom stereocenters. The van der Waals surface area contributed by atoms with E-state index in [4.69, 9.17) is 14.2 Å². The van der Waals surface area contributed by atoms with Crippen LogP contribution in [0, 0.1) is 0 Å². The first-order valence-electron chi connectivity index (χ1n) is 7.85. The van der Waals surface area contributed by atoms with E-state index in [2.05, 4.69) is 18.3 Å². The van der Waals surface area contributed by atoms with Crippen LogP contribution in [0.25, 0.3) is 0 Å². The van der Waals surface area contributed by atoms with Crippen LogP contribution in [0.1, 0.15) is 44.2 Å². The summed E-state index contributed by atoms with van der Waals surface area (Å²) in [4.78, 5) is 0. The lowest BCUT2D eigenvalue weighted by Crippen LogP contribution is -2.23. The maximum atomic E-state index is 5.74. The van der Waals surface area contributed by atoms with Gasteiger partial charge < -0.3 is 19.5 Å². The zero-order valence-corrected chi connectivity index (χ0v) is 13.4. The number of benzene rings is 1. The lowest BCUT2D eigenvalue weighted by Gasteiger charge is -2.22. The fourth-order valence-corrected chi connectivity index (χ4v) is 2.95. The lowest BCUT2D eigenvalue weighted by molar-refractivity contribution is 0.0995. The first-order valence-corrected chi connectivity index (χ1v) is 7.85. The number of hydrogen-bond acceptors (Lipinski definition) is 4. The second-order valence-corrected chi connectivity index (χ2v) is 5.43. The highest BCUT2D eigenvalue weighted by Crippen LogP contribution is 2.33. The summed E-state index contributed by atoms with van der Waals surface area (Å²) >= 11 is 0. The molecule has 4 heteroatoms. The number of hydrogen-bond donors (Lipinski definition) is 1. The summed E-state index contributed by atoms with van der Waals surface area (Å²) in [6.07, 6.45) is 4.93. The minimum Gasteiger partial charge on any atom is -0.497 e.